The molecular formula is C8H6F10. The van der Waals surface area contributed by atoms with Gasteiger partial charge in [0.15, 0.2) is 0 Å². The van der Waals surface area contributed by atoms with Crippen LogP contribution in [0.1, 0.15) is 6.92 Å². The molecule has 0 fully saturated rings. The summed E-state index contributed by atoms with van der Waals surface area (Å²) in [5.74, 6) is -15.0. The van der Waals surface area contributed by atoms with Gasteiger partial charge in [0.25, 0.3) is 0 Å². The van der Waals surface area contributed by atoms with Crippen molar-refractivity contribution in [3.8, 4) is 0 Å². The Balaban J connectivity index is 5.39. The number of rotatable bonds is 3. The molecule has 0 bridgehead atoms. The second kappa shape index (κ2) is 4.30. The van der Waals surface area contributed by atoms with Crippen LogP contribution >= 0.6 is 0 Å². The van der Waals surface area contributed by atoms with E-state index in [2.05, 4.69) is 0 Å². The Morgan fingerprint density at radius 3 is 1.33 bits per heavy atom. The summed E-state index contributed by atoms with van der Waals surface area (Å²) >= 11 is 0. The second-order valence-corrected chi connectivity index (χ2v) is 3.44. The topological polar surface area (TPSA) is 0 Å². The molecule has 0 aliphatic heterocycles. The van der Waals surface area contributed by atoms with Gasteiger partial charge in [0.05, 0.1) is 5.92 Å². The first-order valence-electron chi connectivity index (χ1n) is 4.15. The molecule has 0 heterocycles. The van der Waals surface area contributed by atoms with Crippen LogP contribution in [0.3, 0.4) is 0 Å². The van der Waals surface area contributed by atoms with Crippen molar-refractivity contribution in [2.45, 2.75) is 31.1 Å². The molecule has 1 unspecified atom stereocenters. The van der Waals surface area contributed by atoms with Gasteiger partial charge in [-0.05, 0) is 0 Å². The standard InChI is InChI=1S/C8H6F10/c1-3(5(9,10)7(13,14)15)4(2)6(11,12)8(16,17)18/h4H,1H2,2H3. The van der Waals surface area contributed by atoms with E-state index in [1.807, 2.05) is 6.58 Å². The van der Waals surface area contributed by atoms with Crippen molar-refractivity contribution in [2.75, 3.05) is 0 Å². The van der Waals surface area contributed by atoms with E-state index in [0.29, 0.717) is 0 Å². The molecule has 10 heteroatoms. The number of hydrogen-bond acceptors (Lipinski definition) is 0. The van der Waals surface area contributed by atoms with E-state index in [1.54, 1.807) is 0 Å². The van der Waals surface area contributed by atoms with Crippen molar-refractivity contribution in [3.05, 3.63) is 12.2 Å². The summed E-state index contributed by atoms with van der Waals surface area (Å²) in [4.78, 5) is 0. The van der Waals surface area contributed by atoms with E-state index in [0.717, 1.165) is 0 Å². The Bertz CT molecular complexity index is 320. The van der Waals surface area contributed by atoms with Crippen LogP contribution in [-0.4, -0.2) is 24.2 Å². The summed E-state index contributed by atoms with van der Waals surface area (Å²) in [5.41, 5.74) is -2.54. The molecule has 0 radical (unpaired) electrons. The summed E-state index contributed by atoms with van der Waals surface area (Å²) in [6, 6.07) is 0. The molecule has 0 amide bonds. The third kappa shape index (κ3) is 2.72. The van der Waals surface area contributed by atoms with Crippen LogP contribution in [0, 0.1) is 5.92 Å². The first kappa shape index (κ1) is 17.0. The lowest BCUT2D eigenvalue weighted by molar-refractivity contribution is -0.307. The highest BCUT2D eigenvalue weighted by atomic mass is 19.4. The average molecular weight is 292 g/mol. The SMILES string of the molecule is C=C(C(C)C(F)(F)C(F)(F)F)C(F)(F)C(F)(F)F. The first-order chi connectivity index (χ1) is 7.57. The van der Waals surface area contributed by atoms with E-state index in [4.69, 9.17) is 0 Å². The highest BCUT2D eigenvalue weighted by molar-refractivity contribution is 5.18. The first-order valence-corrected chi connectivity index (χ1v) is 4.15. The molecular weight excluding hydrogens is 286 g/mol. The molecule has 0 nitrogen and oxygen atoms in total. The van der Waals surface area contributed by atoms with Gasteiger partial charge in [-0.1, -0.05) is 13.5 Å². The maximum Gasteiger partial charge on any atom is 0.457 e. The lowest BCUT2D eigenvalue weighted by Gasteiger charge is -2.31. The second-order valence-electron chi connectivity index (χ2n) is 3.44. The Kier molecular flexibility index (Phi) is 4.07. The summed E-state index contributed by atoms with van der Waals surface area (Å²) in [7, 11) is 0. The third-order valence-electron chi connectivity index (χ3n) is 2.20. The van der Waals surface area contributed by atoms with Gasteiger partial charge >= 0.3 is 24.2 Å². The summed E-state index contributed by atoms with van der Waals surface area (Å²) in [6.07, 6.45) is -12.5. The molecule has 0 aromatic heterocycles. The molecule has 1 atom stereocenters. The molecule has 0 saturated carbocycles. The van der Waals surface area contributed by atoms with Crippen molar-refractivity contribution < 1.29 is 43.9 Å². The monoisotopic (exact) mass is 292 g/mol. The quantitative estimate of drug-likeness (QED) is 0.528. The third-order valence-corrected chi connectivity index (χ3v) is 2.20. The average Bonchev–Trinajstić information content (AvgIpc) is 2.11. The van der Waals surface area contributed by atoms with Crippen LogP contribution in [0.2, 0.25) is 0 Å². The van der Waals surface area contributed by atoms with E-state index in [-0.39, 0.29) is 6.92 Å². The zero-order valence-electron chi connectivity index (χ0n) is 8.56. The van der Waals surface area contributed by atoms with Crippen LogP contribution in [-0.2, 0) is 0 Å². The minimum absolute atomic E-state index is 0.102. The van der Waals surface area contributed by atoms with Crippen molar-refractivity contribution in [2.24, 2.45) is 5.92 Å². The molecule has 0 rings (SSSR count). The summed E-state index contributed by atoms with van der Waals surface area (Å²) < 4.78 is 121. The summed E-state index contributed by atoms with van der Waals surface area (Å²) in [6.45, 7) is 1.92. The number of alkyl halides is 10. The van der Waals surface area contributed by atoms with Crippen LogP contribution in [0.4, 0.5) is 43.9 Å². The largest absolute Gasteiger partial charge is 0.457 e. The molecule has 0 N–H and O–H groups in total. The fourth-order valence-electron chi connectivity index (χ4n) is 0.918. The molecule has 0 aromatic rings. The Labute approximate surface area is 94.3 Å². The Morgan fingerprint density at radius 1 is 0.778 bits per heavy atom. The maximum atomic E-state index is 12.6. The normalized spacial score (nSPS) is 16.6. The van der Waals surface area contributed by atoms with Crippen LogP contribution < -0.4 is 0 Å². The van der Waals surface area contributed by atoms with Crippen molar-refractivity contribution in [1.29, 1.82) is 0 Å². The van der Waals surface area contributed by atoms with Gasteiger partial charge in [-0.2, -0.15) is 43.9 Å². The van der Waals surface area contributed by atoms with Gasteiger partial charge < -0.3 is 0 Å². The van der Waals surface area contributed by atoms with Crippen LogP contribution in [0.25, 0.3) is 0 Å². The highest BCUT2D eigenvalue weighted by Crippen LogP contribution is 2.50. The highest BCUT2D eigenvalue weighted by Gasteiger charge is 2.68. The minimum atomic E-state index is -6.29. The van der Waals surface area contributed by atoms with E-state index >= 15 is 0 Å². The molecule has 0 saturated heterocycles. The van der Waals surface area contributed by atoms with Gasteiger partial charge in [0, 0.05) is 5.57 Å². The molecule has 108 valence electrons. The van der Waals surface area contributed by atoms with Gasteiger partial charge in [0.2, 0.25) is 0 Å². The molecule has 0 aliphatic rings. The fraction of sp³-hybridized carbons (Fsp3) is 0.750. The van der Waals surface area contributed by atoms with Gasteiger partial charge in [-0.25, -0.2) is 0 Å². The lowest BCUT2D eigenvalue weighted by Crippen LogP contribution is -2.48. The van der Waals surface area contributed by atoms with Crippen molar-refractivity contribution in [3.63, 3.8) is 0 Å². The molecule has 0 spiro atoms. The minimum Gasteiger partial charge on any atom is -0.196 e. The predicted octanol–water partition coefficient (Wildman–Crippen LogP) is 4.57. The summed E-state index contributed by atoms with van der Waals surface area (Å²) in [5, 5.41) is 0. The van der Waals surface area contributed by atoms with Gasteiger partial charge in [-0.3, -0.25) is 0 Å². The fourth-order valence-corrected chi connectivity index (χ4v) is 0.918. The molecule has 18 heavy (non-hydrogen) atoms. The Hall–Kier alpha value is -0.960. The van der Waals surface area contributed by atoms with Crippen molar-refractivity contribution >= 4 is 0 Å². The zero-order chi connectivity index (χ0) is 15.2. The lowest BCUT2D eigenvalue weighted by atomic mass is 9.90. The zero-order valence-corrected chi connectivity index (χ0v) is 8.56. The van der Waals surface area contributed by atoms with E-state index in [9.17, 15) is 43.9 Å². The maximum absolute atomic E-state index is 12.6. The van der Waals surface area contributed by atoms with E-state index < -0.39 is 35.7 Å². The van der Waals surface area contributed by atoms with Crippen LogP contribution in [0.5, 0.6) is 0 Å². The molecule has 0 aliphatic carbocycles. The smallest absolute Gasteiger partial charge is 0.196 e. The Morgan fingerprint density at radius 2 is 1.11 bits per heavy atom. The predicted molar refractivity (Wildman–Crippen MR) is 40.3 cm³/mol. The number of halogens is 10. The van der Waals surface area contributed by atoms with Crippen LogP contribution in [0.15, 0.2) is 12.2 Å². The molecule has 0 aromatic carbocycles. The number of hydrogen-bond donors (Lipinski definition) is 0. The van der Waals surface area contributed by atoms with Crippen molar-refractivity contribution in [1.82, 2.24) is 0 Å². The number of allylic oxidation sites excluding steroid dienone is 1. The van der Waals surface area contributed by atoms with Gasteiger partial charge in [0.1, 0.15) is 0 Å². The van der Waals surface area contributed by atoms with Gasteiger partial charge in [-0.15, -0.1) is 0 Å². The van der Waals surface area contributed by atoms with E-state index in [1.165, 1.54) is 0 Å².